The van der Waals surface area contributed by atoms with E-state index in [2.05, 4.69) is 19.2 Å². The molecule has 328 valence electrons. The molecule has 0 aromatic heterocycles. The molecule has 1 amide bonds. The van der Waals surface area contributed by atoms with E-state index in [4.69, 9.17) is 14.8 Å². The van der Waals surface area contributed by atoms with Crippen LogP contribution in [0.15, 0.2) is 12.2 Å². The molecule has 0 aromatic rings. The molecule has 0 fully saturated rings. The van der Waals surface area contributed by atoms with Crippen LogP contribution >= 0.6 is 7.82 Å². The largest absolute Gasteiger partial charge is 0.472 e. The third kappa shape index (κ3) is 39.8. The lowest BCUT2D eigenvalue weighted by molar-refractivity contribution is -0.124. The molecule has 0 aliphatic rings. The highest BCUT2D eigenvalue weighted by molar-refractivity contribution is 7.47. The van der Waals surface area contributed by atoms with Crippen LogP contribution in [0.5, 0.6) is 0 Å². The van der Waals surface area contributed by atoms with E-state index in [1.54, 1.807) is 6.08 Å². The number of unbranched alkanes of at least 4 members (excludes halogenated alkanes) is 30. The van der Waals surface area contributed by atoms with Gasteiger partial charge in [-0.3, -0.25) is 13.8 Å². The second kappa shape index (κ2) is 41.4. The molecule has 0 aliphatic carbocycles. The number of carbonyl (C=O) groups excluding carboxylic acids is 1. The Bertz CT molecular complexity index is 893. The molecule has 0 rings (SSSR count). The van der Waals surface area contributed by atoms with Crippen molar-refractivity contribution in [3.05, 3.63) is 12.2 Å². The number of hydrogen-bond donors (Lipinski definition) is 5. The van der Waals surface area contributed by atoms with Crippen LogP contribution in [0.25, 0.3) is 0 Å². The Balaban J connectivity index is 4.26. The van der Waals surface area contributed by atoms with Crippen molar-refractivity contribution in [2.75, 3.05) is 19.8 Å². The van der Waals surface area contributed by atoms with Gasteiger partial charge in [0.2, 0.25) is 5.91 Å². The Hall–Kier alpha value is -0.800. The van der Waals surface area contributed by atoms with Crippen LogP contribution in [0.2, 0.25) is 0 Å². The molecule has 4 unspecified atom stereocenters. The molecular formula is C45H91N2O7P. The molecular weight excluding hydrogens is 711 g/mol. The Morgan fingerprint density at radius 3 is 1.40 bits per heavy atom. The molecule has 0 saturated heterocycles. The van der Waals surface area contributed by atoms with E-state index in [0.29, 0.717) is 6.42 Å². The third-order valence-electron chi connectivity index (χ3n) is 10.7. The molecule has 0 radical (unpaired) electrons. The minimum Gasteiger partial charge on any atom is -0.393 e. The number of aliphatic hydroxyl groups excluding tert-OH is 2. The Kier molecular flexibility index (Phi) is 40.8. The molecule has 0 aliphatic heterocycles. The predicted octanol–water partition coefficient (Wildman–Crippen LogP) is 12.1. The van der Waals surface area contributed by atoms with Crippen LogP contribution < -0.4 is 11.1 Å². The van der Waals surface area contributed by atoms with Crippen LogP contribution in [-0.4, -0.2) is 59.0 Å². The minimum absolute atomic E-state index is 0.0516. The fourth-order valence-electron chi connectivity index (χ4n) is 7.12. The number of nitrogens with one attached hydrogen (secondary N) is 1. The van der Waals surface area contributed by atoms with E-state index >= 15 is 0 Å². The second-order valence-corrected chi connectivity index (χ2v) is 17.6. The van der Waals surface area contributed by atoms with Crippen molar-refractivity contribution in [3.8, 4) is 0 Å². The highest BCUT2D eigenvalue weighted by Gasteiger charge is 2.27. The van der Waals surface area contributed by atoms with E-state index in [0.717, 1.165) is 38.5 Å². The van der Waals surface area contributed by atoms with E-state index < -0.39 is 38.6 Å². The first kappa shape index (κ1) is 54.2. The molecule has 55 heavy (non-hydrogen) atoms. The zero-order valence-corrected chi connectivity index (χ0v) is 36.9. The normalized spacial score (nSPS) is 14.7. The van der Waals surface area contributed by atoms with Gasteiger partial charge in [-0.2, -0.15) is 0 Å². The average molecular weight is 803 g/mol. The number of rotatable bonds is 44. The summed E-state index contributed by atoms with van der Waals surface area (Å²) in [5, 5.41) is 24.1. The first-order valence-corrected chi connectivity index (χ1v) is 24.9. The summed E-state index contributed by atoms with van der Waals surface area (Å²) in [6.07, 6.45) is 42.9. The average Bonchev–Trinajstić information content (AvgIpc) is 3.16. The summed E-state index contributed by atoms with van der Waals surface area (Å²) in [5.74, 6) is -0.442. The lowest BCUT2D eigenvalue weighted by Gasteiger charge is -2.24. The van der Waals surface area contributed by atoms with Gasteiger partial charge in [-0.1, -0.05) is 219 Å². The number of hydrogen-bond acceptors (Lipinski definition) is 7. The van der Waals surface area contributed by atoms with Crippen molar-refractivity contribution in [1.82, 2.24) is 5.32 Å². The quantitative estimate of drug-likeness (QED) is 0.0232. The van der Waals surface area contributed by atoms with Crippen molar-refractivity contribution in [2.24, 2.45) is 5.73 Å². The zero-order chi connectivity index (χ0) is 40.5. The van der Waals surface area contributed by atoms with Gasteiger partial charge in [-0.25, -0.2) is 4.57 Å². The summed E-state index contributed by atoms with van der Waals surface area (Å²) < 4.78 is 22.1. The van der Waals surface area contributed by atoms with Crippen molar-refractivity contribution in [3.63, 3.8) is 0 Å². The van der Waals surface area contributed by atoms with E-state index in [1.807, 2.05) is 6.08 Å². The van der Waals surface area contributed by atoms with Gasteiger partial charge in [-0.15, -0.1) is 0 Å². The molecule has 0 bridgehead atoms. The Labute approximate surface area is 339 Å². The number of allylic oxidation sites excluding steroid dienone is 1. The van der Waals surface area contributed by atoms with Gasteiger partial charge >= 0.3 is 7.82 Å². The monoisotopic (exact) mass is 803 g/mol. The van der Waals surface area contributed by atoms with Crippen LogP contribution in [0.3, 0.4) is 0 Å². The van der Waals surface area contributed by atoms with Crippen LogP contribution in [-0.2, 0) is 18.4 Å². The van der Waals surface area contributed by atoms with Crippen molar-refractivity contribution in [1.29, 1.82) is 0 Å². The maximum absolute atomic E-state index is 12.8. The van der Waals surface area contributed by atoms with Crippen LogP contribution in [0.4, 0.5) is 0 Å². The number of phosphoric ester groups is 1. The van der Waals surface area contributed by atoms with Gasteiger partial charge in [0, 0.05) is 6.54 Å². The molecule has 6 N–H and O–H groups in total. The van der Waals surface area contributed by atoms with Crippen molar-refractivity contribution < 1.29 is 33.5 Å². The van der Waals surface area contributed by atoms with Crippen LogP contribution in [0.1, 0.15) is 232 Å². The molecule has 0 saturated carbocycles. The minimum atomic E-state index is -4.40. The van der Waals surface area contributed by atoms with Crippen LogP contribution in [0, 0.1) is 0 Å². The first-order chi connectivity index (χ1) is 26.8. The number of carbonyl (C=O) groups is 1. The molecule has 4 atom stereocenters. The zero-order valence-electron chi connectivity index (χ0n) is 36.0. The number of amides is 1. The van der Waals surface area contributed by atoms with Gasteiger partial charge in [0.15, 0.2) is 0 Å². The van der Waals surface area contributed by atoms with Gasteiger partial charge in [0.1, 0.15) is 0 Å². The summed E-state index contributed by atoms with van der Waals surface area (Å²) in [7, 11) is -4.40. The van der Waals surface area contributed by atoms with E-state index in [-0.39, 0.29) is 19.6 Å². The summed E-state index contributed by atoms with van der Waals surface area (Å²) in [5.41, 5.74) is 5.37. The van der Waals surface area contributed by atoms with Gasteiger partial charge in [-0.05, 0) is 19.3 Å². The molecule has 10 heteroatoms. The fraction of sp³-hybridized carbons (Fsp3) is 0.933. The summed E-state index contributed by atoms with van der Waals surface area (Å²) in [6.45, 7) is 4.00. The Morgan fingerprint density at radius 1 is 0.618 bits per heavy atom. The first-order valence-electron chi connectivity index (χ1n) is 23.4. The molecule has 0 heterocycles. The molecule has 0 aromatic carbocycles. The summed E-state index contributed by atoms with van der Waals surface area (Å²) in [4.78, 5) is 22.8. The van der Waals surface area contributed by atoms with Gasteiger partial charge in [0.05, 0.1) is 37.9 Å². The van der Waals surface area contributed by atoms with E-state index in [1.165, 1.54) is 167 Å². The highest BCUT2D eigenvalue weighted by Crippen LogP contribution is 2.43. The van der Waals surface area contributed by atoms with Crippen molar-refractivity contribution >= 4 is 13.7 Å². The lowest BCUT2D eigenvalue weighted by atomic mass is 10.0. The maximum Gasteiger partial charge on any atom is 0.472 e. The highest BCUT2D eigenvalue weighted by atomic mass is 31.2. The van der Waals surface area contributed by atoms with Gasteiger partial charge in [0.25, 0.3) is 0 Å². The SMILES string of the molecule is CCCCCCCCCCCCCCCCCC/C=C/C(O)C(COP(=O)(O)OCCN)NC(=O)CC(O)CCCCCCCCCCCCCCCCC. The second-order valence-electron chi connectivity index (χ2n) is 16.2. The Morgan fingerprint density at radius 2 is 1.00 bits per heavy atom. The smallest absolute Gasteiger partial charge is 0.393 e. The van der Waals surface area contributed by atoms with Gasteiger partial charge < -0.3 is 26.2 Å². The predicted molar refractivity (Wildman–Crippen MR) is 232 cm³/mol. The summed E-state index contributed by atoms with van der Waals surface area (Å²) in [6, 6.07) is -0.977. The number of aliphatic hydroxyl groups is 2. The lowest BCUT2D eigenvalue weighted by Crippen LogP contribution is -2.46. The number of nitrogens with two attached hydrogens (primary N) is 1. The molecule has 0 spiro atoms. The topological polar surface area (TPSA) is 151 Å². The van der Waals surface area contributed by atoms with E-state index in [9.17, 15) is 24.5 Å². The fourth-order valence-corrected chi connectivity index (χ4v) is 7.88. The maximum atomic E-state index is 12.8. The standard InChI is InChI=1S/C45H91N2O7P/c1-3-5-7-9-11-13-15-17-19-20-21-23-25-27-29-31-33-35-37-44(49)43(41-54-55(51,52)53-39-38-46)47-45(50)40-42(48)36-34-32-30-28-26-24-22-18-16-14-12-10-8-6-4-2/h35,37,42-44,48-49H,3-34,36,38-41,46H2,1-2H3,(H,47,50)(H,51,52)/b37-35+. The molecule has 9 nitrogen and oxygen atoms in total. The van der Waals surface area contributed by atoms with Crippen molar-refractivity contribution in [2.45, 2.75) is 250 Å². The number of phosphoric acid groups is 1. The third-order valence-corrected chi connectivity index (χ3v) is 11.7. The summed E-state index contributed by atoms with van der Waals surface area (Å²) >= 11 is 0.